The van der Waals surface area contributed by atoms with Crippen molar-refractivity contribution in [2.45, 2.75) is 12.3 Å². The molecule has 1 aromatic carbocycles. The van der Waals surface area contributed by atoms with E-state index in [9.17, 15) is 18.0 Å². The van der Waals surface area contributed by atoms with E-state index in [2.05, 4.69) is 0 Å². The molecule has 0 aliphatic rings. The highest BCUT2D eigenvalue weighted by Gasteiger charge is 2.38. The Morgan fingerprint density at radius 3 is 2.28 bits per heavy atom. The summed E-state index contributed by atoms with van der Waals surface area (Å²) in [5.74, 6) is -0.701. The standard InChI is InChI=1S/C10H11F3N2O2.ClH/c11-10(12,13)8(16)5-15-9(17)6-1-3-7(14)4-2-6;/h1-4,8,16H,5,14H2,(H,15,17);1H. The number of aliphatic hydroxyl groups is 1. The molecule has 1 amide bonds. The fourth-order valence-electron chi connectivity index (χ4n) is 1.04. The Bertz CT molecular complexity index is 395. The van der Waals surface area contributed by atoms with Crippen LogP contribution >= 0.6 is 12.4 Å². The summed E-state index contributed by atoms with van der Waals surface area (Å²) in [5, 5.41) is 10.6. The summed E-state index contributed by atoms with van der Waals surface area (Å²) in [4.78, 5) is 11.4. The van der Waals surface area contributed by atoms with Gasteiger partial charge in [-0.05, 0) is 24.3 Å². The molecule has 0 spiro atoms. The maximum atomic E-state index is 11.9. The van der Waals surface area contributed by atoms with Crippen LogP contribution in [0.5, 0.6) is 0 Å². The number of hydrogen-bond donors (Lipinski definition) is 3. The molecule has 0 bridgehead atoms. The lowest BCUT2D eigenvalue weighted by Gasteiger charge is -2.14. The summed E-state index contributed by atoms with van der Waals surface area (Å²) >= 11 is 0. The molecule has 0 saturated heterocycles. The number of rotatable bonds is 3. The van der Waals surface area contributed by atoms with Crippen LogP contribution in [0.4, 0.5) is 18.9 Å². The molecule has 1 atom stereocenters. The van der Waals surface area contributed by atoms with Gasteiger partial charge in [0.2, 0.25) is 0 Å². The molecule has 0 saturated carbocycles. The highest BCUT2D eigenvalue weighted by atomic mass is 35.5. The third-order valence-electron chi connectivity index (χ3n) is 2.01. The number of hydrogen-bond acceptors (Lipinski definition) is 3. The zero-order valence-electron chi connectivity index (χ0n) is 9.07. The Labute approximate surface area is 107 Å². The fraction of sp³-hybridized carbons (Fsp3) is 0.300. The van der Waals surface area contributed by atoms with E-state index in [0.29, 0.717) is 5.69 Å². The van der Waals surface area contributed by atoms with Gasteiger partial charge >= 0.3 is 6.18 Å². The van der Waals surface area contributed by atoms with Gasteiger partial charge in [0.15, 0.2) is 6.10 Å². The van der Waals surface area contributed by atoms with E-state index < -0.39 is 24.7 Å². The first kappa shape index (κ1) is 16.5. The second-order valence-electron chi connectivity index (χ2n) is 3.39. The van der Waals surface area contributed by atoms with Gasteiger partial charge < -0.3 is 16.2 Å². The number of nitrogens with two attached hydrogens (primary N) is 1. The number of halogens is 4. The van der Waals surface area contributed by atoms with Gasteiger partial charge in [0.05, 0.1) is 6.54 Å². The van der Waals surface area contributed by atoms with Crippen LogP contribution in [0, 0.1) is 0 Å². The normalized spacial score (nSPS) is 12.4. The van der Waals surface area contributed by atoms with Crippen molar-refractivity contribution in [2.24, 2.45) is 0 Å². The van der Waals surface area contributed by atoms with Gasteiger partial charge in [-0.2, -0.15) is 13.2 Å². The van der Waals surface area contributed by atoms with Gasteiger partial charge in [0.25, 0.3) is 5.91 Å². The van der Waals surface area contributed by atoms with E-state index in [1.54, 1.807) is 0 Å². The van der Waals surface area contributed by atoms with Crippen LogP contribution in [0.1, 0.15) is 10.4 Å². The summed E-state index contributed by atoms with van der Waals surface area (Å²) in [6.07, 6.45) is -7.31. The molecule has 1 rings (SSSR count). The highest BCUT2D eigenvalue weighted by Crippen LogP contribution is 2.19. The Hall–Kier alpha value is -1.47. The first-order valence-electron chi connectivity index (χ1n) is 4.69. The van der Waals surface area contributed by atoms with Crippen LogP contribution in [0.2, 0.25) is 0 Å². The molecule has 8 heteroatoms. The zero-order chi connectivity index (χ0) is 13.1. The summed E-state index contributed by atoms with van der Waals surface area (Å²) in [5.41, 5.74) is 6.00. The van der Waals surface area contributed by atoms with Crippen LogP contribution in [0.3, 0.4) is 0 Å². The molecule has 18 heavy (non-hydrogen) atoms. The van der Waals surface area contributed by atoms with E-state index in [0.717, 1.165) is 0 Å². The SMILES string of the molecule is Cl.Nc1ccc(C(=O)NCC(O)C(F)(F)F)cc1. The lowest BCUT2D eigenvalue weighted by Crippen LogP contribution is -2.40. The molecular formula is C10H12ClF3N2O2. The average molecular weight is 285 g/mol. The number of benzene rings is 1. The van der Waals surface area contributed by atoms with Gasteiger partial charge in [0, 0.05) is 11.3 Å². The fourth-order valence-corrected chi connectivity index (χ4v) is 1.04. The summed E-state index contributed by atoms with van der Waals surface area (Å²) in [6, 6.07) is 5.67. The third-order valence-corrected chi connectivity index (χ3v) is 2.01. The van der Waals surface area contributed by atoms with Crippen LogP contribution < -0.4 is 11.1 Å². The van der Waals surface area contributed by atoms with Crippen LogP contribution in [-0.2, 0) is 0 Å². The molecule has 1 unspecified atom stereocenters. The molecule has 0 radical (unpaired) electrons. The van der Waals surface area contributed by atoms with Crippen molar-refractivity contribution >= 4 is 24.0 Å². The predicted octanol–water partition coefficient (Wildman–Crippen LogP) is 1.34. The Balaban J connectivity index is 0.00000289. The van der Waals surface area contributed by atoms with E-state index in [1.807, 2.05) is 5.32 Å². The topological polar surface area (TPSA) is 75.4 Å². The van der Waals surface area contributed by atoms with Crippen LogP contribution in [0.25, 0.3) is 0 Å². The number of anilines is 1. The summed E-state index contributed by atoms with van der Waals surface area (Å²) in [7, 11) is 0. The minimum Gasteiger partial charge on any atom is -0.399 e. The van der Waals surface area contributed by atoms with Crippen molar-refractivity contribution in [2.75, 3.05) is 12.3 Å². The van der Waals surface area contributed by atoms with Crippen molar-refractivity contribution in [3.05, 3.63) is 29.8 Å². The quantitative estimate of drug-likeness (QED) is 0.733. The molecular weight excluding hydrogens is 273 g/mol. The lowest BCUT2D eigenvalue weighted by molar-refractivity contribution is -0.201. The molecule has 4 N–H and O–H groups in total. The van der Waals surface area contributed by atoms with Crippen LogP contribution in [-0.4, -0.2) is 29.8 Å². The summed E-state index contributed by atoms with van der Waals surface area (Å²) < 4.78 is 35.8. The molecule has 4 nitrogen and oxygen atoms in total. The number of nitrogen functional groups attached to an aromatic ring is 1. The van der Waals surface area contributed by atoms with Gasteiger partial charge in [-0.25, -0.2) is 0 Å². The minimum atomic E-state index is -4.74. The highest BCUT2D eigenvalue weighted by molar-refractivity contribution is 5.94. The first-order valence-corrected chi connectivity index (χ1v) is 4.69. The maximum Gasteiger partial charge on any atom is 0.416 e. The van der Waals surface area contributed by atoms with Crippen molar-refractivity contribution in [3.63, 3.8) is 0 Å². The first-order chi connectivity index (χ1) is 7.80. The Kier molecular flexibility index (Phi) is 5.93. The van der Waals surface area contributed by atoms with Crippen LogP contribution in [0.15, 0.2) is 24.3 Å². The van der Waals surface area contributed by atoms with Crippen molar-refractivity contribution < 1.29 is 23.1 Å². The Morgan fingerprint density at radius 1 is 1.33 bits per heavy atom. The van der Waals surface area contributed by atoms with Crippen molar-refractivity contribution in [1.82, 2.24) is 5.32 Å². The largest absolute Gasteiger partial charge is 0.416 e. The van der Waals surface area contributed by atoms with Gasteiger partial charge in [0.1, 0.15) is 0 Å². The summed E-state index contributed by atoms with van der Waals surface area (Å²) in [6.45, 7) is -0.882. The predicted molar refractivity (Wildman–Crippen MR) is 62.5 cm³/mol. The average Bonchev–Trinajstić information content (AvgIpc) is 2.25. The van der Waals surface area contributed by atoms with Crippen molar-refractivity contribution in [1.29, 1.82) is 0 Å². The van der Waals surface area contributed by atoms with E-state index in [4.69, 9.17) is 10.8 Å². The molecule has 0 aromatic heterocycles. The number of carbonyl (C=O) groups excluding carboxylic acids is 1. The van der Waals surface area contributed by atoms with Gasteiger partial charge in [-0.3, -0.25) is 4.79 Å². The third kappa shape index (κ3) is 4.80. The molecule has 0 aliphatic carbocycles. The van der Waals surface area contributed by atoms with Crippen molar-refractivity contribution in [3.8, 4) is 0 Å². The maximum absolute atomic E-state index is 11.9. The Morgan fingerprint density at radius 2 is 1.83 bits per heavy atom. The molecule has 102 valence electrons. The zero-order valence-corrected chi connectivity index (χ0v) is 9.89. The van der Waals surface area contributed by atoms with Gasteiger partial charge in [-0.15, -0.1) is 12.4 Å². The minimum absolute atomic E-state index is 0. The number of nitrogens with one attached hydrogen (secondary N) is 1. The second-order valence-corrected chi connectivity index (χ2v) is 3.39. The molecule has 0 fully saturated rings. The second kappa shape index (κ2) is 6.46. The smallest absolute Gasteiger partial charge is 0.399 e. The number of amides is 1. The molecule has 0 heterocycles. The number of alkyl halides is 3. The number of carbonyl (C=O) groups is 1. The molecule has 0 aliphatic heterocycles. The van der Waals surface area contributed by atoms with Gasteiger partial charge in [-0.1, -0.05) is 0 Å². The van der Waals surface area contributed by atoms with E-state index in [-0.39, 0.29) is 18.0 Å². The monoisotopic (exact) mass is 284 g/mol. The lowest BCUT2D eigenvalue weighted by atomic mass is 10.2. The van der Waals surface area contributed by atoms with E-state index >= 15 is 0 Å². The number of aliphatic hydroxyl groups excluding tert-OH is 1. The molecule has 1 aromatic rings. The van der Waals surface area contributed by atoms with E-state index in [1.165, 1.54) is 24.3 Å².